The van der Waals surface area contributed by atoms with E-state index in [2.05, 4.69) is 0 Å². The van der Waals surface area contributed by atoms with Gasteiger partial charge < -0.3 is 15.4 Å². The van der Waals surface area contributed by atoms with E-state index < -0.39 is 0 Å². The number of piperidine rings is 1. The molecular weight excluding hydrogens is 364 g/mol. The summed E-state index contributed by atoms with van der Waals surface area (Å²) in [6.07, 6.45) is 1.59. The molecule has 0 bridgehead atoms. The van der Waals surface area contributed by atoms with Gasteiger partial charge in [0.05, 0.1) is 6.61 Å². The summed E-state index contributed by atoms with van der Waals surface area (Å²) in [4.78, 5) is 26.1. The van der Waals surface area contributed by atoms with Gasteiger partial charge in [-0.1, -0.05) is 29.8 Å². The van der Waals surface area contributed by atoms with Gasteiger partial charge in [0.2, 0.25) is 5.91 Å². The SMILES string of the molecule is NC(=O)CC1(COc2ccccc2)CCN(C(=O)c2ccc(Cl)cc2)CC1. The van der Waals surface area contributed by atoms with Gasteiger partial charge in [-0.25, -0.2) is 0 Å². The molecule has 1 aliphatic heterocycles. The van der Waals surface area contributed by atoms with Crippen LogP contribution >= 0.6 is 11.6 Å². The van der Waals surface area contributed by atoms with E-state index >= 15 is 0 Å². The minimum Gasteiger partial charge on any atom is -0.493 e. The second kappa shape index (κ2) is 8.44. The number of benzene rings is 2. The van der Waals surface area contributed by atoms with Crippen LogP contribution in [0.5, 0.6) is 5.75 Å². The number of likely N-dealkylation sites (tertiary alicyclic amines) is 1. The number of ether oxygens (including phenoxy) is 1. The first-order chi connectivity index (χ1) is 13.0. The van der Waals surface area contributed by atoms with Crippen molar-refractivity contribution in [1.29, 1.82) is 0 Å². The Morgan fingerprint density at radius 2 is 1.67 bits per heavy atom. The van der Waals surface area contributed by atoms with Crippen LogP contribution in [0.4, 0.5) is 0 Å². The lowest BCUT2D eigenvalue weighted by Crippen LogP contribution is -2.47. The Morgan fingerprint density at radius 1 is 1.04 bits per heavy atom. The molecule has 3 rings (SSSR count). The molecule has 6 heteroatoms. The highest BCUT2D eigenvalue weighted by Gasteiger charge is 2.38. The Bertz CT molecular complexity index is 785. The van der Waals surface area contributed by atoms with Crippen LogP contribution in [0.25, 0.3) is 0 Å². The quantitative estimate of drug-likeness (QED) is 0.825. The molecule has 1 heterocycles. The minimum atomic E-state index is -0.349. The minimum absolute atomic E-state index is 0.0247. The van der Waals surface area contributed by atoms with E-state index in [1.165, 1.54) is 0 Å². The Kier molecular flexibility index (Phi) is 6.01. The fraction of sp³-hybridized carbons (Fsp3) is 0.333. The van der Waals surface area contributed by atoms with E-state index in [9.17, 15) is 9.59 Å². The molecule has 0 atom stereocenters. The Hall–Kier alpha value is -2.53. The Morgan fingerprint density at radius 3 is 2.26 bits per heavy atom. The highest BCUT2D eigenvalue weighted by atomic mass is 35.5. The molecule has 0 aromatic heterocycles. The predicted octanol–water partition coefficient (Wildman–Crippen LogP) is 3.52. The molecule has 0 radical (unpaired) electrons. The Balaban J connectivity index is 1.65. The van der Waals surface area contributed by atoms with Gasteiger partial charge in [0.15, 0.2) is 0 Å². The van der Waals surface area contributed by atoms with Crippen molar-refractivity contribution in [2.45, 2.75) is 19.3 Å². The zero-order chi connectivity index (χ0) is 19.3. The number of nitrogens with two attached hydrogens (primary N) is 1. The molecule has 2 aromatic carbocycles. The number of amides is 2. The summed E-state index contributed by atoms with van der Waals surface area (Å²) in [6, 6.07) is 16.4. The van der Waals surface area contributed by atoms with Crippen molar-refractivity contribution in [3.05, 3.63) is 65.2 Å². The molecule has 2 aromatic rings. The molecule has 5 nitrogen and oxygen atoms in total. The van der Waals surface area contributed by atoms with Crippen LogP contribution in [0.3, 0.4) is 0 Å². The van der Waals surface area contributed by atoms with Gasteiger partial charge in [0, 0.05) is 35.5 Å². The van der Waals surface area contributed by atoms with Gasteiger partial charge in [-0.3, -0.25) is 9.59 Å². The van der Waals surface area contributed by atoms with E-state index in [0.29, 0.717) is 43.1 Å². The molecule has 0 spiro atoms. The molecule has 0 aliphatic carbocycles. The van der Waals surface area contributed by atoms with E-state index in [4.69, 9.17) is 22.1 Å². The molecule has 0 saturated carbocycles. The van der Waals surface area contributed by atoms with Crippen LogP contribution in [0.15, 0.2) is 54.6 Å². The summed E-state index contributed by atoms with van der Waals surface area (Å²) in [5, 5.41) is 0.601. The number of hydrogen-bond acceptors (Lipinski definition) is 3. The summed E-state index contributed by atoms with van der Waals surface area (Å²) < 4.78 is 5.92. The molecular formula is C21H23ClN2O3. The smallest absolute Gasteiger partial charge is 0.253 e. The molecule has 1 saturated heterocycles. The number of para-hydroxylation sites is 1. The van der Waals surface area contributed by atoms with Crippen LogP contribution in [-0.2, 0) is 4.79 Å². The molecule has 142 valence electrons. The second-order valence-electron chi connectivity index (χ2n) is 7.04. The molecule has 1 fully saturated rings. The van der Waals surface area contributed by atoms with Crippen molar-refractivity contribution in [3.8, 4) is 5.75 Å². The maximum absolute atomic E-state index is 12.7. The first-order valence-electron chi connectivity index (χ1n) is 8.98. The summed E-state index contributed by atoms with van der Waals surface area (Å²) in [6.45, 7) is 1.53. The lowest BCUT2D eigenvalue weighted by molar-refractivity contribution is -0.121. The number of carbonyl (C=O) groups is 2. The number of primary amides is 1. The average Bonchev–Trinajstić information content (AvgIpc) is 2.67. The lowest BCUT2D eigenvalue weighted by atomic mass is 9.76. The van der Waals surface area contributed by atoms with Gasteiger partial charge >= 0.3 is 0 Å². The first kappa shape index (κ1) is 19.2. The summed E-state index contributed by atoms with van der Waals surface area (Å²) in [7, 11) is 0. The largest absolute Gasteiger partial charge is 0.493 e. The number of rotatable bonds is 6. The number of nitrogens with zero attached hydrogens (tertiary/aromatic N) is 1. The third-order valence-corrected chi connectivity index (χ3v) is 5.29. The van der Waals surface area contributed by atoms with Gasteiger partial charge in [-0.05, 0) is 49.2 Å². The summed E-state index contributed by atoms with van der Waals surface area (Å²) >= 11 is 5.89. The fourth-order valence-corrected chi connectivity index (χ4v) is 3.58. The zero-order valence-electron chi connectivity index (χ0n) is 15.1. The van der Waals surface area contributed by atoms with E-state index in [1.807, 2.05) is 35.2 Å². The van der Waals surface area contributed by atoms with Gasteiger partial charge in [-0.2, -0.15) is 0 Å². The summed E-state index contributed by atoms with van der Waals surface area (Å²) in [5.41, 5.74) is 5.75. The van der Waals surface area contributed by atoms with Crippen molar-refractivity contribution in [2.75, 3.05) is 19.7 Å². The fourth-order valence-electron chi connectivity index (χ4n) is 3.45. The first-order valence-corrected chi connectivity index (χ1v) is 9.36. The maximum atomic E-state index is 12.7. The number of hydrogen-bond donors (Lipinski definition) is 1. The van der Waals surface area contributed by atoms with E-state index in [1.54, 1.807) is 24.3 Å². The summed E-state index contributed by atoms with van der Waals surface area (Å²) in [5.74, 6) is 0.397. The third-order valence-electron chi connectivity index (χ3n) is 5.04. The predicted molar refractivity (Wildman–Crippen MR) is 105 cm³/mol. The monoisotopic (exact) mass is 386 g/mol. The van der Waals surface area contributed by atoms with E-state index in [-0.39, 0.29) is 23.7 Å². The third kappa shape index (κ3) is 5.01. The van der Waals surface area contributed by atoms with Crippen molar-refractivity contribution in [3.63, 3.8) is 0 Å². The van der Waals surface area contributed by atoms with Gasteiger partial charge in [-0.15, -0.1) is 0 Å². The average molecular weight is 387 g/mol. The number of halogens is 1. The normalized spacial score (nSPS) is 16.0. The van der Waals surface area contributed by atoms with Crippen LogP contribution in [0.1, 0.15) is 29.6 Å². The van der Waals surface area contributed by atoms with Crippen LogP contribution in [0, 0.1) is 5.41 Å². The molecule has 2 amide bonds. The van der Waals surface area contributed by atoms with Crippen LogP contribution in [0.2, 0.25) is 5.02 Å². The maximum Gasteiger partial charge on any atom is 0.253 e. The standard InChI is InChI=1S/C21H23ClN2O3/c22-17-8-6-16(7-9-17)20(26)24-12-10-21(11-13-24,14-19(23)25)15-27-18-4-2-1-3-5-18/h1-9H,10-15H2,(H2,23,25). The van der Waals surface area contributed by atoms with Gasteiger partial charge in [0.25, 0.3) is 5.91 Å². The van der Waals surface area contributed by atoms with E-state index in [0.717, 1.165) is 5.75 Å². The highest BCUT2D eigenvalue weighted by molar-refractivity contribution is 6.30. The molecule has 2 N–H and O–H groups in total. The van der Waals surface area contributed by atoms with Crippen molar-refractivity contribution in [2.24, 2.45) is 11.1 Å². The zero-order valence-corrected chi connectivity index (χ0v) is 15.8. The lowest BCUT2D eigenvalue weighted by Gasteiger charge is -2.41. The second-order valence-corrected chi connectivity index (χ2v) is 7.48. The van der Waals surface area contributed by atoms with Gasteiger partial charge in [0.1, 0.15) is 5.75 Å². The topological polar surface area (TPSA) is 72.6 Å². The highest BCUT2D eigenvalue weighted by Crippen LogP contribution is 2.36. The van der Waals surface area contributed by atoms with Crippen LogP contribution < -0.4 is 10.5 Å². The Labute approximate surface area is 164 Å². The van der Waals surface area contributed by atoms with Crippen LogP contribution in [-0.4, -0.2) is 36.4 Å². The molecule has 27 heavy (non-hydrogen) atoms. The number of carbonyl (C=O) groups excluding carboxylic acids is 2. The molecule has 0 unspecified atom stereocenters. The van der Waals surface area contributed by atoms with Crippen molar-refractivity contribution < 1.29 is 14.3 Å². The van der Waals surface area contributed by atoms with Crippen molar-refractivity contribution in [1.82, 2.24) is 4.90 Å². The molecule has 1 aliphatic rings. The van der Waals surface area contributed by atoms with Crippen molar-refractivity contribution >= 4 is 23.4 Å².